The van der Waals surface area contributed by atoms with Crippen LogP contribution >= 0.6 is 23.3 Å². The summed E-state index contributed by atoms with van der Waals surface area (Å²) in [5, 5.41) is 6.92. The molecule has 0 spiro atoms. The summed E-state index contributed by atoms with van der Waals surface area (Å²) in [5.74, 6) is 0. The minimum atomic E-state index is -0.480. The van der Waals surface area contributed by atoms with Crippen molar-refractivity contribution in [1.82, 2.24) is 14.1 Å². The maximum atomic E-state index is 11.7. The number of amides is 1. The summed E-state index contributed by atoms with van der Waals surface area (Å²) in [6.45, 7) is 5.55. The van der Waals surface area contributed by atoms with Gasteiger partial charge in [0, 0.05) is 12.1 Å². The molecule has 23 heavy (non-hydrogen) atoms. The van der Waals surface area contributed by atoms with E-state index in [1.165, 1.54) is 11.7 Å². The molecular weight excluding hydrogens is 336 g/mol. The number of nitrogens with one attached hydrogen (secondary N) is 2. The van der Waals surface area contributed by atoms with Gasteiger partial charge < -0.3 is 15.4 Å². The predicted octanol–water partition coefficient (Wildman–Crippen LogP) is 3.81. The molecule has 0 atom stereocenters. The Bertz CT molecular complexity index is 722. The SMILES string of the molecule is CC(C)(C)OC(=O)NC1CC(Nc2c(Cl)ccc3nsnc23)C1. The van der Waals surface area contributed by atoms with E-state index in [1.54, 1.807) is 0 Å². The molecule has 1 aromatic carbocycles. The summed E-state index contributed by atoms with van der Waals surface area (Å²) >= 11 is 7.43. The Labute approximate surface area is 143 Å². The van der Waals surface area contributed by atoms with Gasteiger partial charge in [0.05, 0.1) is 22.4 Å². The van der Waals surface area contributed by atoms with Crippen molar-refractivity contribution in [2.75, 3.05) is 5.32 Å². The van der Waals surface area contributed by atoms with Gasteiger partial charge in [0.15, 0.2) is 0 Å². The third kappa shape index (κ3) is 3.84. The maximum absolute atomic E-state index is 11.7. The molecule has 1 aliphatic carbocycles. The van der Waals surface area contributed by atoms with Gasteiger partial charge in [-0.3, -0.25) is 0 Å². The Balaban J connectivity index is 1.55. The number of carbonyl (C=O) groups is 1. The second-order valence-electron chi connectivity index (χ2n) is 6.71. The standard InChI is InChI=1S/C15H19ClN4O2S/c1-15(2,3)22-14(21)18-9-6-8(7-9)17-12-10(16)4-5-11-13(12)20-23-19-11/h4-5,8-9,17H,6-7H2,1-3H3,(H,18,21). The molecule has 1 saturated carbocycles. The lowest BCUT2D eigenvalue weighted by atomic mass is 9.86. The maximum Gasteiger partial charge on any atom is 0.407 e. The van der Waals surface area contributed by atoms with Crippen molar-refractivity contribution < 1.29 is 9.53 Å². The zero-order valence-electron chi connectivity index (χ0n) is 13.2. The average Bonchev–Trinajstić information content (AvgIpc) is 2.85. The monoisotopic (exact) mass is 354 g/mol. The molecule has 0 unspecified atom stereocenters. The highest BCUT2D eigenvalue weighted by molar-refractivity contribution is 7.00. The van der Waals surface area contributed by atoms with Gasteiger partial charge in [-0.1, -0.05) is 11.6 Å². The zero-order valence-corrected chi connectivity index (χ0v) is 14.8. The second-order valence-corrected chi connectivity index (χ2v) is 7.65. The van der Waals surface area contributed by atoms with Crippen LogP contribution in [0.1, 0.15) is 33.6 Å². The molecule has 0 radical (unpaired) electrons. The summed E-state index contributed by atoms with van der Waals surface area (Å²) in [5.41, 5.74) is 1.97. The number of fused-ring (bicyclic) bond motifs is 1. The Morgan fingerprint density at radius 1 is 1.30 bits per heavy atom. The lowest BCUT2D eigenvalue weighted by Crippen LogP contribution is -2.50. The van der Waals surface area contributed by atoms with Crippen LogP contribution in [0.15, 0.2) is 12.1 Å². The number of anilines is 1. The summed E-state index contributed by atoms with van der Waals surface area (Å²) in [6.07, 6.45) is 1.28. The smallest absolute Gasteiger partial charge is 0.407 e. The molecule has 124 valence electrons. The second kappa shape index (κ2) is 6.13. The molecule has 8 heteroatoms. The Hall–Kier alpha value is -1.60. The van der Waals surface area contributed by atoms with Crippen LogP contribution < -0.4 is 10.6 Å². The van der Waals surface area contributed by atoms with E-state index in [0.717, 1.165) is 29.6 Å². The van der Waals surface area contributed by atoms with E-state index in [2.05, 4.69) is 19.4 Å². The van der Waals surface area contributed by atoms with E-state index in [9.17, 15) is 4.79 Å². The number of hydrogen-bond acceptors (Lipinski definition) is 6. The first-order chi connectivity index (χ1) is 10.8. The molecule has 1 aromatic heterocycles. The number of carbonyl (C=O) groups excluding carboxylic acids is 1. The van der Waals surface area contributed by atoms with Gasteiger partial charge in [-0.2, -0.15) is 8.75 Å². The van der Waals surface area contributed by atoms with Crippen LogP contribution in [-0.4, -0.2) is 32.5 Å². The lowest BCUT2D eigenvalue weighted by molar-refractivity contribution is 0.0475. The Morgan fingerprint density at radius 2 is 2.04 bits per heavy atom. The normalized spacial score (nSPS) is 20.9. The van der Waals surface area contributed by atoms with E-state index in [-0.39, 0.29) is 18.2 Å². The number of benzene rings is 1. The fraction of sp³-hybridized carbons (Fsp3) is 0.533. The first-order valence-corrected chi connectivity index (χ1v) is 8.59. The quantitative estimate of drug-likeness (QED) is 0.876. The van der Waals surface area contributed by atoms with Gasteiger partial charge in [-0.25, -0.2) is 4.79 Å². The number of hydrogen-bond donors (Lipinski definition) is 2. The Morgan fingerprint density at radius 3 is 2.74 bits per heavy atom. The summed E-state index contributed by atoms with van der Waals surface area (Å²) in [4.78, 5) is 11.7. The van der Waals surface area contributed by atoms with E-state index < -0.39 is 5.60 Å². The first kappa shape index (κ1) is 16.3. The van der Waals surface area contributed by atoms with Crippen LogP contribution in [0.5, 0.6) is 0 Å². The van der Waals surface area contributed by atoms with Crippen molar-refractivity contribution in [2.45, 2.75) is 51.3 Å². The van der Waals surface area contributed by atoms with Crippen LogP contribution in [-0.2, 0) is 4.74 Å². The third-order valence-electron chi connectivity index (χ3n) is 3.58. The van der Waals surface area contributed by atoms with Gasteiger partial charge in [-0.15, -0.1) is 0 Å². The molecule has 1 amide bonds. The molecule has 6 nitrogen and oxygen atoms in total. The molecule has 1 fully saturated rings. The molecule has 1 aliphatic rings. The van der Waals surface area contributed by atoms with Crippen LogP contribution in [0.25, 0.3) is 11.0 Å². The molecular formula is C15H19ClN4O2S. The van der Waals surface area contributed by atoms with Crippen molar-refractivity contribution in [3.05, 3.63) is 17.2 Å². The van der Waals surface area contributed by atoms with Crippen LogP contribution in [0.2, 0.25) is 5.02 Å². The molecule has 2 aromatic rings. The van der Waals surface area contributed by atoms with Crippen molar-refractivity contribution in [3.63, 3.8) is 0 Å². The fourth-order valence-corrected chi connectivity index (χ4v) is 3.25. The van der Waals surface area contributed by atoms with Crippen molar-refractivity contribution >= 4 is 46.1 Å². The Kier molecular flexibility index (Phi) is 4.33. The summed E-state index contributed by atoms with van der Waals surface area (Å²) in [7, 11) is 0. The van der Waals surface area contributed by atoms with E-state index >= 15 is 0 Å². The number of aromatic nitrogens is 2. The average molecular weight is 355 g/mol. The van der Waals surface area contributed by atoms with E-state index in [0.29, 0.717) is 5.02 Å². The summed E-state index contributed by atoms with van der Waals surface area (Å²) in [6, 6.07) is 4.05. The van der Waals surface area contributed by atoms with Crippen molar-refractivity contribution in [1.29, 1.82) is 0 Å². The summed E-state index contributed by atoms with van der Waals surface area (Å²) < 4.78 is 13.8. The van der Waals surface area contributed by atoms with E-state index in [4.69, 9.17) is 16.3 Å². The van der Waals surface area contributed by atoms with Crippen molar-refractivity contribution in [2.24, 2.45) is 0 Å². The lowest BCUT2D eigenvalue weighted by Gasteiger charge is -2.37. The van der Waals surface area contributed by atoms with Gasteiger partial charge in [-0.05, 0) is 45.7 Å². The highest BCUT2D eigenvalue weighted by Gasteiger charge is 2.32. The zero-order chi connectivity index (χ0) is 16.6. The third-order valence-corrected chi connectivity index (χ3v) is 4.44. The largest absolute Gasteiger partial charge is 0.444 e. The van der Waals surface area contributed by atoms with Crippen molar-refractivity contribution in [3.8, 4) is 0 Å². The first-order valence-electron chi connectivity index (χ1n) is 7.48. The minimum Gasteiger partial charge on any atom is -0.444 e. The topological polar surface area (TPSA) is 76.1 Å². The highest BCUT2D eigenvalue weighted by atomic mass is 35.5. The molecule has 0 aliphatic heterocycles. The van der Waals surface area contributed by atoms with Gasteiger partial charge in [0.25, 0.3) is 0 Å². The number of halogens is 1. The van der Waals surface area contributed by atoms with Gasteiger partial charge in [0.1, 0.15) is 16.6 Å². The molecule has 3 rings (SSSR count). The van der Waals surface area contributed by atoms with Crippen LogP contribution in [0.3, 0.4) is 0 Å². The molecule has 0 saturated heterocycles. The predicted molar refractivity (Wildman–Crippen MR) is 92.2 cm³/mol. The molecule has 1 heterocycles. The number of ether oxygens (including phenoxy) is 1. The molecule has 0 bridgehead atoms. The number of nitrogens with zero attached hydrogens (tertiary/aromatic N) is 2. The van der Waals surface area contributed by atoms with Crippen LogP contribution in [0, 0.1) is 0 Å². The van der Waals surface area contributed by atoms with Gasteiger partial charge >= 0.3 is 6.09 Å². The highest BCUT2D eigenvalue weighted by Crippen LogP contribution is 2.33. The number of alkyl carbamates (subject to hydrolysis) is 1. The fourth-order valence-electron chi connectivity index (χ4n) is 2.50. The van der Waals surface area contributed by atoms with E-state index in [1.807, 2.05) is 32.9 Å². The minimum absolute atomic E-state index is 0.119. The number of rotatable bonds is 3. The molecule has 2 N–H and O–H groups in total. The van der Waals surface area contributed by atoms with Crippen LogP contribution in [0.4, 0.5) is 10.5 Å². The van der Waals surface area contributed by atoms with Gasteiger partial charge in [0.2, 0.25) is 0 Å².